The Kier molecular flexibility index (Phi) is 3.70. The molecule has 0 saturated heterocycles. The molecule has 3 heteroatoms. The van der Waals surface area contributed by atoms with Crippen molar-refractivity contribution in [3.63, 3.8) is 0 Å². The van der Waals surface area contributed by atoms with Gasteiger partial charge in [0.1, 0.15) is 0 Å². The Morgan fingerprint density at radius 3 is 2.50 bits per heavy atom. The molecule has 1 aromatic rings. The minimum Gasteiger partial charge on any atom is -0.481 e. The lowest BCUT2D eigenvalue weighted by molar-refractivity contribution is -0.139. The van der Waals surface area contributed by atoms with Gasteiger partial charge >= 0.3 is 5.97 Å². The number of carboxylic acid groups (broad SMARTS) is 1. The van der Waals surface area contributed by atoms with Gasteiger partial charge in [0.2, 0.25) is 0 Å². The third kappa shape index (κ3) is 2.83. The minimum absolute atomic E-state index is 0.0719. The van der Waals surface area contributed by atoms with Gasteiger partial charge in [-0.3, -0.25) is 4.79 Å². The van der Waals surface area contributed by atoms with Crippen molar-refractivity contribution < 1.29 is 9.90 Å². The summed E-state index contributed by atoms with van der Waals surface area (Å²) in [5, 5.41) is 8.86. The Morgan fingerprint density at radius 1 is 1.44 bits per heavy atom. The lowest BCUT2D eigenvalue weighted by Gasteiger charge is -2.31. The third-order valence-electron chi connectivity index (χ3n) is 2.97. The van der Waals surface area contributed by atoms with Gasteiger partial charge in [0.15, 0.2) is 0 Å². The first-order valence-electron chi connectivity index (χ1n) is 5.37. The minimum atomic E-state index is -0.811. The van der Waals surface area contributed by atoms with Gasteiger partial charge in [-0.05, 0) is 23.5 Å². The predicted octanol–water partition coefficient (Wildman–Crippen LogP) is 2.50. The van der Waals surface area contributed by atoms with Crippen LogP contribution in [0.4, 0.5) is 0 Å². The molecule has 0 saturated carbocycles. The number of benzene rings is 1. The summed E-state index contributed by atoms with van der Waals surface area (Å²) in [6.07, 6.45) is 0.0719. The summed E-state index contributed by atoms with van der Waals surface area (Å²) in [4.78, 5) is 10.8. The van der Waals surface area contributed by atoms with Crippen LogP contribution in [-0.4, -0.2) is 11.1 Å². The SMILES string of the molecule is Cc1ccccc1C(N)C(C)(C)CC(=O)O. The highest BCUT2D eigenvalue weighted by Gasteiger charge is 2.30. The van der Waals surface area contributed by atoms with Gasteiger partial charge in [0, 0.05) is 6.04 Å². The largest absolute Gasteiger partial charge is 0.481 e. The van der Waals surface area contributed by atoms with Gasteiger partial charge < -0.3 is 10.8 Å². The number of aryl methyl sites for hydroxylation is 1. The molecule has 0 amide bonds. The molecule has 0 aliphatic carbocycles. The van der Waals surface area contributed by atoms with Crippen LogP contribution in [0.25, 0.3) is 0 Å². The van der Waals surface area contributed by atoms with E-state index in [0.717, 1.165) is 11.1 Å². The third-order valence-corrected chi connectivity index (χ3v) is 2.97. The summed E-state index contributed by atoms with van der Waals surface area (Å²) in [5.74, 6) is -0.811. The van der Waals surface area contributed by atoms with E-state index in [9.17, 15) is 4.79 Å². The van der Waals surface area contributed by atoms with Crippen LogP contribution < -0.4 is 5.73 Å². The van der Waals surface area contributed by atoms with Gasteiger partial charge in [-0.25, -0.2) is 0 Å². The van der Waals surface area contributed by atoms with Crippen LogP contribution in [0.3, 0.4) is 0 Å². The topological polar surface area (TPSA) is 63.3 Å². The normalized spacial score (nSPS) is 13.5. The highest BCUT2D eigenvalue weighted by atomic mass is 16.4. The second kappa shape index (κ2) is 4.66. The van der Waals surface area contributed by atoms with Crippen LogP contribution in [0, 0.1) is 12.3 Å². The Bertz CT molecular complexity index is 385. The van der Waals surface area contributed by atoms with Crippen molar-refractivity contribution in [3.05, 3.63) is 35.4 Å². The zero-order chi connectivity index (χ0) is 12.3. The van der Waals surface area contributed by atoms with Crippen LogP contribution in [-0.2, 0) is 4.79 Å². The molecular weight excluding hydrogens is 202 g/mol. The van der Waals surface area contributed by atoms with Crippen molar-refractivity contribution in [1.82, 2.24) is 0 Å². The number of hydrogen-bond acceptors (Lipinski definition) is 2. The number of aliphatic carboxylic acids is 1. The summed E-state index contributed by atoms with van der Waals surface area (Å²) in [6.45, 7) is 5.77. The molecule has 0 radical (unpaired) electrons. The average molecular weight is 221 g/mol. The smallest absolute Gasteiger partial charge is 0.303 e. The van der Waals surface area contributed by atoms with Crippen molar-refractivity contribution in [3.8, 4) is 0 Å². The van der Waals surface area contributed by atoms with Gasteiger partial charge in [0.25, 0.3) is 0 Å². The zero-order valence-electron chi connectivity index (χ0n) is 10.0. The standard InChI is InChI=1S/C13H19NO2/c1-9-6-4-5-7-10(9)12(14)13(2,3)8-11(15)16/h4-7,12H,8,14H2,1-3H3,(H,15,16). The van der Waals surface area contributed by atoms with Crippen LogP contribution in [0.15, 0.2) is 24.3 Å². The fourth-order valence-electron chi connectivity index (χ4n) is 1.86. The fraction of sp³-hybridized carbons (Fsp3) is 0.462. The first-order valence-corrected chi connectivity index (χ1v) is 5.37. The molecule has 3 N–H and O–H groups in total. The molecule has 1 aromatic carbocycles. The predicted molar refractivity (Wildman–Crippen MR) is 64.1 cm³/mol. The highest BCUT2D eigenvalue weighted by molar-refractivity contribution is 5.67. The van der Waals surface area contributed by atoms with E-state index in [1.54, 1.807) is 0 Å². The first kappa shape index (κ1) is 12.7. The highest BCUT2D eigenvalue weighted by Crippen LogP contribution is 2.35. The molecule has 0 aliphatic rings. The second-order valence-corrected chi connectivity index (χ2v) is 4.89. The Labute approximate surface area is 96.3 Å². The Balaban J connectivity index is 2.97. The molecule has 1 atom stereocenters. The quantitative estimate of drug-likeness (QED) is 0.821. The maximum Gasteiger partial charge on any atom is 0.303 e. The summed E-state index contributed by atoms with van der Waals surface area (Å²) in [5.41, 5.74) is 7.84. The monoisotopic (exact) mass is 221 g/mol. The molecule has 0 bridgehead atoms. The lowest BCUT2D eigenvalue weighted by atomic mass is 9.77. The molecule has 0 fully saturated rings. The van der Waals surface area contributed by atoms with E-state index in [4.69, 9.17) is 10.8 Å². The van der Waals surface area contributed by atoms with Gasteiger partial charge in [-0.15, -0.1) is 0 Å². The van der Waals surface area contributed by atoms with Crippen LogP contribution in [0.1, 0.15) is 37.4 Å². The molecule has 0 aromatic heterocycles. The van der Waals surface area contributed by atoms with E-state index in [0.29, 0.717) is 0 Å². The average Bonchev–Trinajstić information content (AvgIpc) is 2.15. The maximum atomic E-state index is 10.8. The molecule has 0 spiro atoms. The van der Waals surface area contributed by atoms with Crippen molar-refractivity contribution in [1.29, 1.82) is 0 Å². The molecule has 0 heterocycles. The van der Waals surface area contributed by atoms with E-state index in [1.165, 1.54) is 0 Å². The van der Waals surface area contributed by atoms with Crippen LogP contribution in [0.2, 0.25) is 0 Å². The second-order valence-electron chi connectivity index (χ2n) is 4.89. The number of nitrogens with two attached hydrogens (primary N) is 1. The fourth-order valence-corrected chi connectivity index (χ4v) is 1.86. The van der Waals surface area contributed by atoms with E-state index < -0.39 is 11.4 Å². The summed E-state index contributed by atoms with van der Waals surface area (Å²) >= 11 is 0. The van der Waals surface area contributed by atoms with E-state index in [-0.39, 0.29) is 12.5 Å². The summed E-state index contributed by atoms with van der Waals surface area (Å²) in [7, 11) is 0. The zero-order valence-corrected chi connectivity index (χ0v) is 10.0. The number of carbonyl (C=O) groups is 1. The molecular formula is C13H19NO2. The van der Waals surface area contributed by atoms with Crippen molar-refractivity contribution in [2.45, 2.75) is 33.2 Å². The number of rotatable bonds is 4. The molecule has 0 aliphatic heterocycles. The lowest BCUT2D eigenvalue weighted by Crippen LogP contribution is -2.32. The van der Waals surface area contributed by atoms with Crippen LogP contribution >= 0.6 is 0 Å². The van der Waals surface area contributed by atoms with Gasteiger partial charge in [-0.1, -0.05) is 38.1 Å². The van der Waals surface area contributed by atoms with Gasteiger partial charge in [-0.2, -0.15) is 0 Å². The first-order chi connectivity index (χ1) is 7.34. The summed E-state index contributed by atoms with van der Waals surface area (Å²) < 4.78 is 0. The summed E-state index contributed by atoms with van der Waals surface area (Å²) in [6, 6.07) is 7.58. The van der Waals surface area contributed by atoms with Crippen LogP contribution in [0.5, 0.6) is 0 Å². The van der Waals surface area contributed by atoms with E-state index in [1.807, 2.05) is 45.0 Å². The Hall–Kier alpha value is -1.35. The van der Waals surface area contributed by atoms with Crippen molar-refractivity contribution >= 4 is 5.97 Å². The van der Waals surface area contributed by atoms with E-state index in [2.05, 4.69) is 0 Å². The number of carboxylic acids is 1. The van der Waals surface area contributed by atoms with Crippen molar-refractivity contribution in [2.24, 2.45) is 11.1 Å². The molecule has 1 rings (SSSR count). The van der Waals surface area contributed by atoms with Gasteiger partial charge in [0.05, 0.1) is 6.42 Å². The molecule has 1 unspecified atom stereocenters. The molecule has 88 valence electrons. The number of hydrogen-bond donors (Lipinski definition) is 2. The Morgan fingerprint density at radius 2 is 2.00 bits per heavy atom. The van der Waals surface area contributed by atoms with Crippen molar-refractivity contribution in [2.75, 3.05) is 0 Å². The van der Waals surface area contributed by atoms with E-state index >= 15 is 0 Å². The molecule has 3 nitrogen and oxygen atoms in total. The molecule has 16 heavy (non-hydrogen) atoms. The maximum absolute atomic E-state index is 10.8.